The number of fused-ring (bicyclic) bond motifs is 1. The van der Waals surface area contributed by atoms with Gasteiger partial charge in [0.05, 0.1) is 35.5 Å². The van der Waals surface area contributed by atoms with Crippen molar-refractivity contribution in [1.82, 2.24) is 25.3 Å². The van der Waals surface area contributed by atoms with E-state index in [2.05, 4.69) is 30.6 Å². The van der Waals surface area contributed by atoms with E-state index in [0.717, 1.165) is 19.0 Å². The number of aromatic amines is 1. The Hall–Kier alpha value is -3.57. The van der Waals surface area contributed by atoms with Gasteiger partial charge in [-0.1, -0.05) is 25.4 Å². The zero-order chi connectivity index (χ0) is 26.7. The van der Waals surface area contributed by atoms with Crippen LogP contribution in [0.5, 0.6) is 0 Å². The first kappa shape index (κ1) is 26.5. The number of ether oxygens (including phenoxy) is 1. The summed E-state index contributed by atoms with van der Waals surface area (Å²) in [5.41, 5.74) is 1.23. The SMILES string of the molecule is CCC(CC)O[C@@H]1CC(C(=O)O)=C[C@H](Nc2nc(-c3c[nH]c4ncc(Cl)cc34)ncc2F)[C@H]1NC(C)=O. The molecule has 0 unspecified atom stereocenters. The van der Waals surface area contributed by atoms with Crippen molar-refractivity contribution in [2.45, 2.75) is 64.3 Å². The van der Waals surface area contributed by atoms with Gasteiger partial charge < -0.3 is 25.5 Å². The van der Waals surface area contributed by atoms with Gasteiger partial charge in [0.15, 0.2) is 17.5 Å². The second kappa shape index (κ2) is 11.2. The van der Waals surface area contributed by atoms with E-state index >= 15 is 0 Å². The van der Waals surface area contributed by atoms with Crippen LogP contribution in [-0.2, 0) is 14.3 Å². The van der Waals surface area contributed by atoms with Crippen LogP contribution in [0, 0.1) is 5.82 Å². The summed E-state index contributed by atoms with van der Waals surface area (Å²) in [5, 5.41) is 16.7. The summed E-state index contributed by atoms with van der Waals surface area (Å²) in [6.07, 6.45) is 6.40. The number of amides is 1. The van der Waals surface area contributed by atoms with Crippen molar-refractivity contribution in [3.63, 3.8) is 0 Å². The highest BCUT2D eigenvalue weighted by molar-refractivity contribution is 6.31. The fraction of sp³-hybridized carbons (Fsp3) is 0.400. The number of halogens is 2. The maximum Gasteiger partial charge on any atom is 0.331 e. The predicted molar refractivity (Wildman–Crippen MR) is 137 cm³/mol. The first-order valence-electron chi connectivity index (χ1n) is 12.0. The molecule has 0 aliphatic heterocycles. The molecule has 0 saturated heterocycles. The molecule has 3 atom stereocenters. The van der Waals surface area contributed by atoms with Crippen molar-refractivity contribution in [2.24, 2.45) is 0 Å². The van der Waals surface area contributed by atoms with Gasteiger partial charge in [-0.3, -0.25) is 4.79 Å². The van der Waals surface area contributed by atoms with Crippen LogP contribution in [0.15, 0.2) is 36.3 Å². The van der Waals surface area contributed by atoms with Crippen LogP contribution >= 0.6 is 11.6 Å². The summed E-state index contributed by atoms with van der Waals surface area (Å²) in [7, 11) is 0. The molecule has 1 aliphatic rings. The number of aromatic nitrogens is 4. The summed E-state index contributed by atoms with van der Waals surface area (Å²) >= 11 is 6.10. The van der Waals surface area contributed by atoms with Crippen molar-refractivity contribution >= 4 is 40.3 Å². The van der Waals surface area contributed by atoms with Gasteiger partial charge in [-0.2, -0.15) is 0 Å². The van der Waals surface area contributed by atoms with Crippen LogP contribution in [0.1, 0.15) is 40.0 Å². The number of carbonyl (C=O) groups is 2. The highest BCUT2D eigenvalue weighted by Gasteiger charge is 2.38. The maximum absolute atomic E-state index is 14.9. The minimum absolute atomic E-state index is 0.0928. The highest BCUT2D eigenvalue weighted by Crippen LogP contribution is 2.30. The van der Waals surface area contributed by atoms with E-state index in [1.807, 2.05) is 13.8 Å². The number of anilines is 1. The fourth-order valence-corrected chi connectivity index (χ4v) is 4.61. The van der Waals surface area contributed by atoms with Gasteiger partial charge in [-0.15, -0.1) is 0 Å². The van der Waals surface area contributed by atoms with Crippen LogP contribution in [0.3, 0.4) is 0 Å². The Kier molecular flexibility index (Phi) is 8.03. The second-order valence-electron chi connectivity index (χ2n) is 8.85. The van der Waals surface area contributed by atoms with E-state index in [-0.39, 0.29) is 35.6 Å². The lowest BCUT2D eigenvalue weighted by atomic mass is 9.87. The Balaban J connectivity index is 1.72. The number of carbonyl (C=O) groups excluding carboxylic acids is 1. The molecule has 0 aromatic carbocycles. The molecule has 3 aromatic rings. The Morgan fingerprint density at radius 1 is 1.30 bits per heavy atom. The smallest absolute Gasteiger partial charge is 0.331 e. The minimum atomic E-state index is -1.11. The molecule has 10 nitrogen and oxygen atoms in total. The summed E-state index contributed by atoms with van der Waals surface area (Å²) in [6, 6.07) is 0.208. The quantitative estimate of drug-likeness (QED) is 0.324. The molecule has 1 amide bonds. The van der Waals surface area contributed by atoms with Gasteiger partial charge >= 0.3 is 5.97 Å². The molecule has 0 bridgehead atoms. The third kappa shape index (κ3) is 5.89. The summed E-state index contributed by atoms with van der Waals surface area (Å²) in [6.45, 7) is 5.31. The predicted octanol–water partition coefficient (Wildman–Crippen LogP) is 4.09. The second-order valence-corrected chi connectivity index (χ2v) is 9.29. The molecule has 12 heteroatoms. The third-order valence-corrected chi connectivity index (χ3v) is 6.50. The summed E-state index contributed by atoms with van der Waals surface area (Å²) in [5.74, 6) is -2.13. The van der Waals surface area contributed by atoms with Gasteiger partial charge in [0.25, 0.3) is 0 Å². The number of rotatable bonds is 9. The Morgan fingerprint density at radius 2 is 2.05 bits per heavy atom. The fourth-order valence-electron chi connectivity index (χ4n) is 4.45. The monoisotopic (exact) mass is 530 g/mol. The van der Waals surface area contributed by atoms with Gasteiger partial charge in [0, 0.05) is 42.3 Å². The van der Waals surface area contributed by atoms with E-state index in [9.17, 15) is 19.1 Å². The van der Waals surface area contributed by atoms with Crippen molar-refractivity contribution in [1.29, 1.82) is 0 Å². The topological polar surface area (TPSA) is 142 Å². The van der Waals surface area contributed by atoms with Crippen LogP contribution in [0.25, 0.3) is 22.4 Å². The average molecular weight is 531 g/mol. The molecule has 0 saturated carbocycles. The minimum Gasteiger partial charge on any atom is -0.478 e. The van der Waals surface area contributed by atoms with E-state index < -0.39 is 30.0 Å². The van der Waals surface area contributed by atoms with Crippen LogP contribution in [-0.4, -0.2) is 61.2 Å². The standard InChI is InChI=1S/C25H28ClFN6O4/c1-4-15(5-2)37-20-7-13(25(35)36)6-19(21(20)31-12(3)34)32-24-18(27)11-30-23(33-24)17-10-29-22-16(17)8-14(26)9-28-22/h6,8-11,15,19-21H,4-5,7H2,1-3H3,(H,28,29)(H,31,34)(H,35,36)(H,30,32,33)/t19-,20+,21+/m0/s1. The lowest BCUT2D eigenvalue weighted by Crippen LogP contribution is -2.56. The zero-order valence-corrected chi connectivity index (χ0v) is 21.3. The molecule has 3 heterocycles. The molecule has 196 valence electrons. The highest BCUT2D eigenvalue weighted by atomic mass is 35.5. The normalized spacial score (nSPS) is 19.6. The Bertz CT molecular complexity index is 1340. The average Bonchev–Trinajstić information content (AvgIpc) is 3.28. The molecule has 0 fully saturated rings. The molecular formula is C25H28ClFN6O4. The first-order chi connectivity index (χ1) is 17.7. The molecular weight excluding hydrogens is 503 g/mol. The van der Waals surface area contributed by atoms with Crippen molar-refractivity contribution < 1.29 is 23.8 Å². The molecule has 1 aliphatic carbocycles. The van der Waals surface area contributed by atoms with Crippen LogP contribution < -0.4 is 10.6 Å². The van der Waals surface area contributed by atoms with Crippen LogP contribution in [0.4, 0.5) is 10.2 Å². The number of H-pyrrole nitrogens is 1. The number of hydrogen-bond donors (Lipinski definition) is 4. The largest absolute Gasteiger partial charge is 0.478 e. The van der Waals surface area contributed by atoms with Gasteiger partial charge in [0.1, 0.15) is 5.65 Å². The molecule has 4 N–H and O–H groups in total. The van der Waals surface area contributed by atoms with E-state index in [1.165, 1.54) is 19.2 Å². The van der Waals surface area contributed by atoms with Crippen molar-refractivity contribution in [2.75, 3.05) is 5.32 Å². The number of nitrogens with zero attached hydrogens (tertiary/aromatic N) is 3. The van der Waals surface area contributed by atoms with E-state index in [1.54, 1.807) is 12.3 Å². The molecule has 0 radical (unpaired) electrons. The number of aliphatic carboxylic acids is 1. The lowest BCUT2D eigenvalue weighted by molar-refractivity contribution is -0.133. The van der Waals surface area contributed by atoms with Gasteiger partial charge in [0.2, 0.25) is 5.91 Å². The van der Waals surface area contributed by atoms with Gasteiger partial charge in [-0.05, 0) is 25.0 Å². The number of hydrogen-bond acceptors (Lipinski definition) is 7. The lowest BCUT2D eigenvalue weighted by Gasteiger charge is -2.38. The molecule has 4 rings (SSSR count). The number of pyridine rings is 1. The summed E-state index contributed by atoms with van der Waals surface area (Å²) in [4.78, 5) is 39.7. The summed E-state index contributed by atoms with van der Waals surface area (Å²) < 4.78 is 21.1. The van der Waals surface area contributed by atoms with Crippen LogP contribution in [0.2, 0.25) is 5.02 Å². The zero-order valence-electron chi connectivity index (χ0n) is 20.6. The third-order valence-electron chi connectivity index (χ3n) is 6.30. The van der Waals surface area contributed by atoms with E-state index in [0.29, 0.717) is 21.6 Å². The van der Waals surface area contributed by atoms with Crippen molar-refractivity contribution in [3.8, 4) is 11.4 Å². The van der Waals surface area contributed by atoms with Crippen molar-refractivity contribution in [3.05, 3.63) is 47.1 Å². The van der Waals surface area contributed by atoms with Gasteiger partial charge in [-0.25, -0.2) is 24.1 Å². The number of carboxylic acid groups (broad SMARTS) is 1. The molecule has 37 heavy (non-hydrogen) atoms. The van der Waals surface area contributed by atoms with E-state index in [4.69, 9.17) is 16.3 Å². The Morgan fingerprint density at radius 3 is 2.73 bits per heavy atom. The number of nitrogens with one attached hydrogen (secondary N) is 3. The molecule has 3 aromatic heterocycles. The maximum atomic E-state index is 14.9. The molecule has 0 spiro atoms. The first-order valence-corrected chi connectivity index (χ1v) is 12.4. The Labute approximate surface area is 217 Å². The number of carboxylic acids is 1.